The molecule has 0 aliphatic rings. The van der Waals surface area contributed by atoms with Crippen molar-refractivity contribution in [2.75, 3.05) is 19.6 Å². The van der Waals surface area contributed by atoms with Crippen molar-refractivity contribution in [3.63, 3.8) is 0 Å². The molecular formula is C7H17N3O. The molecule has 4 N–H and O–H groups in total. The molecule has 11 heavy (non-hydrogen) atoms. The molecule has 0 radical (unpaired) electrons. The average molecular weight is 159 g/mol. The molecular weight excluding hydrogens is 142 g/mol. The molecule has 66 valence electrons. The molecule has 0 aromatic heterocycles. The van der Waals surface area contributed by atoms with Gasteiger partial charge in [0.25, 0.3) is 0 Å². The Bertz CT molecular complexity index is 116. The van der Waals surface area contributed by atoms with E-state index in [0.717, 1.165) is 0 Å². The summed E-state index contributed by atoms with van der Waals surface area (Å²) in [6.45, 7) is 5.63. The lowest BCUT2D eigenvalue weighted by molar-refractivity contribution is -0.122. The van der Waals surface area contributed by atoms with Gasteiger partial charge in [0.15, 0.2) is 0 Å². The van der Waals surface area contributed by atoms with Gasteiger partial charge in [0, 0.05) is 19.6 Å². The molecule has 0 saturated heterocycles. The first kappa shape index (κ1) is 10.4. The third kappa shape index (κ3) is 4.75. The van der Waals surface area contributed by atoms with Gasteiger partial charge in [-0.1, -0.05) is 0 Å². The average Bonchev–Trinajstić information content (AvgIpc) is 2.00. The van der Waals surface area contributed by atoms with Gasteiger partial charge in [0.05, 0.1) is 6.04 Å². The molecule has 0 aromatic rings. The van der Waals surface area contributed by atoms with E-state index in [2.05, 4.69) is 10.6 Å². The molecule has 0 aromatic carbocycles. The lowest BCUT2D eigenvalue weighted by atomic mass is 10.3. The zero-order valence-electron chi connectivity index (χ0n) is 7.18. The molecule has 0 heterocycles. The summed E-state index contributed by atoms with van der Waals surface area (Å²) in [5.74, 6) is 0.0287. The van der Waals surface area contributed by atoms with E-state index in [4.69, 9.17) is 5.73 Å². The Kier molecular flexibility index (Phi) is 5.78. The normalized spacial score (nSPS) is 12.6. The van der Waals surface area contributed by atoms with Crippen molar-refractivity contribution in [1.29, 1.82) is 0 Å². The third-order valence-corrected chi connectivity index (χ3v) is 1.34. The van der Waals surface area contributed by atoms with Crippen molar-refractivity contribution in [2.45, 2.75) is 19.9 Å². The Morgan fingerprint density at radius 3 is 2.73 bits per heavy atom. The summed E-state index contributed by atoms with van der Waals surface area (Å²) in [6, 6.07) is -0.140. The fourth-order valence-corrected chi connectivity index (χ4v) is 0.720. The molecule has 0 saturated carbocycles. The maximum atomic E-state index is 11.0. The van der Waals surface area contributed by atoms with Crippen molar-refractivity contribution in [3.05, 3.63) is 0 Å². The first-order valence-corrected chi connectivity index (χ1v) is 3.93. The Hall–Kier alpha value is -0.610. The second kappa shape index (κ2) is 6.12. The highest BCUT2D eigenvalue weighted by atomic mass is 16.2. The monoisotopic (exact) mass is 159 g/mol. The van der Waals surface area contributed by atoms with Crippen LogP contribution in [0, 0.1) is 0 Å². The predicted molar refractivity (Wildman–Crippen MR) is 45.2 cm³/mol. The van der Waals surface area contributed by atoms with Crippen LogP contribution < -0.4 is 16.4 Å². The molecule has 1 unspecified atom stereocenters. The fourth-order valence-electron chi connectivity index (χ4n) is 0.720. The second-order valence-corrected chi connectivity index (χ2v) is 2.36. The lowest BCUT2D eigenvalue weighted by Crippen LogP contribution is -2.43. The van der Waals surface area contributed by atoms with Gasteiger partial charge in [-0.2, -0.15) is 0 Å². The van der Waals surface area contributed by atoms with Crippen molar-refractivity contribution in [1.82, 2.24) is 10.6 Å². The van der Waals surface area contributed by atoms with E-state index in [-0.39, 0.29) is 11.9 Å². The molecule has 0 rings (SSSR count). The molecule has 0 aliphatic carbocycles. The second-order valence-electron chi connectivity index (χ2n) is 2.36. The number of nitrogens with one attached hydrogen (secondary N) is 2. The summed E-state index contributed by atoms with van der Waals surface area (Å²) in [7, 11) is 0. The van der Waals surface area contributed by atoms with E-state index in [1.54, 1.807) is 0 Å². The minimum Gasteiger partial charge on any atom is -0.355 e. The first-order chi connectivity index (χ1) is 5.22. The SMILES string of the molecule is CCNC(=O)C(C)NCCN. The standard InChI is InChI=1S/C7H17N3O/c1-3-9-7(11)6(2)10-5-4-8/h6,10H,3-5,8H2,1-2H3,(H,9,11). The van der Waals surface area contributed by atoms with Gasteiger partial charge in [-0.15, -0.1) is 0 Å². The summed E-state index contributed by atoms with van der Waals surface area (Å²) in [5.41, 5.74) is 5.26. The van der Waals surface area contributed by atoms with E-state index in [0.29, 0.717) is 19.6 Å². The Morgan fingerprint density at radius 1 is 1.64 bits per heavy atom. The summed E-state index contributed by atoms with van der Waals surface area (Å²) >= 11 is 0. The molecule has 0 aliphatic heterocycles. The van der Waals surface area contributed by atoms with Gasteiger partial charge in [0.2, 0.25) is 5.91 Å². The smallest absolute Gasteiger partial charge is 0.236 e. The maximum Gasteiger partial charge on any atom is 0.236 e. The number of hydrogen-bond acceptors (Lipinski definition) is 3. The number of carbonyl (C=O) groups excluding carboxylic acids is 1. The zero-order chi connectivity index (χ0) is 8.69. The quantitative estimate of drug-likeness (QED) is 0.485. The van der Waals surface area contributed by atoms with Crippen molar-refractivity contribution in [2.24, 2.45) is 5.73 Å². The Balaban J connectivity index is 3.46. The van der Waals surface area contributed by atoms with Crippen LogP contribution in [0.1, 0.15) is 13.8 Å². The molecule has 0 fully saturated rings. The summed E-state index contributed by atoms with van der Waals surface area (Å²) in [5, 5.41) is 5.69. The van der Waals surface area contributed by atoms with Crippen LogP contribution >= 0.6 is 0 Å². The largest absolute Gasteiger partial charge is 0.355 e. The number of carbonyl (C=O) groups is 1. The highest BCUT2D eigenvalue weighted by Gasteiger charge is 2.08. The minimum absolute atomic E-state index is 0.0287. The van der Waals surface area contributed by atoms with Gasteiger partial charge in [-0.25, -0.2) is 0 Å². The van der Waals surface area contributed by atoms with Gasteiger partial charge in [-0.3, -0.25) is 4.79 Å². The number of amides is 1. The first-order valence-electron chi connectivity index (χ1n) is 3.93. The number of rotatable bonds is 5. The van der Waals surface area contributed by atoms with Gasteiger partial charge >= 0.3 is 0 Å². The van der Waals surface area contributed by atoms with E-state index >= 15 is 0 Å². The van der Waals surface area contributed by atoms with Crippen molar-refractivity contribution < 1.29 is 4.79 Å². The summed E-state index contributed by atoms with van der Waals surface area (Å²) in [4.78, 5) is 11.0. The molecule has 1 amide bonds. The minimum atomic E-state index is -0.140. The highest BCUT2D eigenvalue weighted by molar-refractivity contribution is 5.81. The van der Waals surface area contributed by atoms with Gasteiger partial charge in [0.1, 0.15) is 0 Å². The third-order valence-electron chi connectivity index (χ3n) is 1.34. The van der Waals surface area contributed by atoms with Gasteiger partial charge in [-0.05, 0) is 13.8 Å². The van der Waals surface area contributed by atoms with Crippen LogP contribution in [0.5, 0.6) is 0 Å². The van der Waals surface area contributed by atoms with E-state index in [9.17, 15) is 4.79 Å². The molecule has 0 bridgehead atoms. The zero-order valence-corrected chi connectivity index (χ0v) is 7.18. The lowest BCUT2D eigenvalue weighted by Gasteiger charge is -2.11. The Labute approximate surface area is 67.5 Å². The predicted octanol–water partition coefficient (Wildman–Crippen LogP) is -0.941. The van der Waals surface area contributed by atoms with E-state index < -0.39 is 0 Å². The Morgan fingerprint density at radius 2 is 2.27 bits per heavy atom. The molecule has 4 heteroatoms. The summed E-state index contributed by atoms with van der Waals surface area (Å²) in [6.07, 6.45) is 0. The van der Waals surface area contributed by atoms with Crippen LogP contribution in [0.3, 0.4) is 0 Å². The van der Waals surface area contributed by atoms with E-state index in [1.165, 1.54) is 0 Å². The molecule has 1 atom stereocenters. The van der Waals surface area contributed by atoms with Crippen molar-refractivity contribution in [3.8, 4) is 0 Å². The van der Waals surface area contributed by atoms with Crippen LogP contribution in [-0.4, -0.2) is 31.6 Å². The molecule has 0 spiro atoms. The highest BCUT2D eigenvalue weighted by Crippen LogP contribution is 1.79. The van der Waals surface area contributed by atoms with Crippen LogP contribution in [0.2, 0.25) is 0 Å². The van der Waals surface area contributed by atoms with Crippen LogP contribution in [0.4, 0.5) is 0 Å². The van der Waals surface area contributed by atoms with Crippen LogP contribution in [-0.2, 0) is 4.79 Å². The van der Waals surface area contributed by atoms with Crippen LogP contribution in [0.25, 0.3) is 0 Å². The maximum absolute atomic E-state index is 11.0. The number of likely N-dealkylation sites (N-methyl/N-ethyl adjacent to an activating group) is 1. The number of hydrogen-bond donors (Lipinski definition) is 3. The van der Waals surface area contributed by atoms with Gasteiger partial charge < -0.3 is 16.4 Å². The van der Waals surface area contributed by atoms with E-state index in [1.807, 2.05) is 13.8 Å². The number of nitrogens with two attached hydrogens (primary N) is 1. The van der Waals surface area contributed by atoms with Crippen LogP contribution in [0.15, 0.2) is 0 Å². The van der Waals surface area contributed by atoms with Crippen molar-refractivity contribution >= 4 is 5.91 Å². The molecule has 4 nitrogen and oxygen atoms in total. The fraction of sp³-hybridized carbons (Fsp3) is 0.857. The topological polar surface area (TPSA) is 67.2 Å². The summed E-state index contributed by atoms with van der Waals surface area (Å²) < 4.78 is 0.